The maximum Gasteiger partial charge on any atom is 0.153 e. The van der Waals surface area contributed by atoms with Gasteiger partial charge in [0.05, 0.1) is 15.6 Å². The minimum Gasteiger partial charge on any atom is -0.488 e. The molecule has 2 nitrogen and oxygen atoms in total. The first-order chi connectivity index (χ1) is 9.13. The van der Waals surface area contributed by atoms with Crippen LogP contribution in [0.5, 0.6) is 5.75 Å². The first-order valence-corrected chi connectivity index (χ1v) is 6.49. The molecule has 2 aromatic rings. The van der Waals surface area contributed by atoms with Crippen molar-refractivity contribution in [3.8, 4) is 5.75 Å². The van der Waals surface area contributed by atoms with Gasteiger partial charge in [-0.25, -0.2) is 0 Å². The zero-order valence-corrected chi connectivity index (χ0v) is 11.8. The summed E-state index contributed by atoms with van der Waals surface area (Å²) in [5, 5.41) is 0.966. The number of hydrogen-bond donors (Lipinski definition) is 0. The lowest BCUT2D eigenvalue weighted by Gasteiger charge is -2.12. The molecule has 4 heteroatoms. The summed E-state index contributed by atoms with van der Waals surface area (Å²) in [7, 11) is 0. The van der Waals surface area contributed by atoms with E-state index in [-0.39, 0.29) is 6.61 Å². The number of ether oxygens (including phenoxy) is 1. The van der Waals surface area contributed by atoms with Crippen molar-refractivity contribution in [2.75, 3.05) is 0 Å². The number of para-hydroxylation sites is 1. The van der Waals surface area contributed by atoms with Crippen molar-refractivity contribution in [1.82, 2.24) is 0 Å². The Morgan fingerprint density at radius 3 is 2.63 bits per heavy atom. The van der Waals surface area contributed by atoms with Gasteiger partial charge in [0, 0.05) is 5.56 Å². The van der Waals surface area contributed by atoms with Crippen molar-refractivity contribution in [2.45, 2.75) is 13.5 Å². The van der Waals surface area contributed by atoms with Crippen LogP contribution >= 0.6 is 23.2 Å². The zero-order valence-electron chi connectivity index (χ0n) is 10.3. The minimum absolute atomic E-state index is 0.269. The van der Waals surface area contributed by atoms with Gasteiger partial charge in [-0.05, 0) is 24.6 Å². The van der Waals surface area contributed by atoms with E-state index in [9.17, 15) is 4.79 Å². The molecule has 0 N–H and O–H groups in total. The predicted octanol–water partition coefficient (Wildman–Crippen LogP) is 4.69. The number of hydrogen-bond acceptors (Lipinski definition) is 2. The fraction of sp³-hybridized carbons (Fsp3) is 0.133. The van der Waals surface area contributed by atoms with Crippen LogP contribution in [0, 0.1) is 6.92 Å². The Kier molecular flexibility index (Phi) is 4.46. The Balaban J connectivity index is 2.24. The second-order valence-corrected chi connectivity index (χ2v) is 4.90. The topological polar surface area (TPSA) is 26.3 Å². The standard InChI is InChI=1S/C15H12Cl2O2/c1-10-4-2-5-11(8-18)15(10)19-9-12-6-3-7-13(16)14(12)17/h2-8H,9H2,1H3. The van der Waals surface area contributed by atoms with Gasteiger partial charge in [-0.3, -0.25) is 4.79 Å². The molecule has 0 saturated carbocycles. The van der Waals surface area contributed by atoms with Gasteiger partial charge in [-0.1, -0.05) is 47.5 Å². The normalized spacial score (nSPS) is 10.3. The summed E-state index contributed by atoms with van der Waals surface area (Å²) in [6, 6.07) is 10.8. The molecule has 0 radical (unpaired) electrons. The molecule has 2 rings (SSSR count). The van der Waals surface area contributed by atoms with Crippen molar-refractivity contribution < 1.29 is 9.53 Å². The van der Waals surface area contributed by atoms with Crippen LogP contribution in [-0.2, 0) is 6.61 Å². The summed E-state index contributed by atoms with van der Waals surface area (Å²) in [4.78, 5) is 11.0. The first-order valence-electron chi connectivity index (χ1n) is 5.74. The maximum atomic E-state index is 11.0. The average Bonchev–Trinajstić information content (AvgIpc) is 2.41. The fourth-order valence-electron chi connectivity index (χ4n) is 1.77. The van der Waals surface area contributed by atoms with Gasteiger partial charge in [-0.2, -0.15) is 0 Å². The summed E-state index contributed by atoms with van der Waals surface area (Å²) in [5.74, 6) is 0.577. The largest absolute Gasteiger partial charge is 0.488 e. The third kappa shape index (κ3) is 3.09. The molecule has 0 aliphatic heterocycles. The van der Waals surface area contributed by atoms with Crippen molar-refractivity contribution >= 4 is 29.5 Å². The highest BCUT2D eigenvalue weighted by atomic mass is 35.5. The van der Waals surface area contributed by atoms with Gasteiger partial charge < -0.3 is 4.74 Å². The SMILES string of the molecule is Cc1cccc(C=O)c1OCc1cccc(Cl)c1Cl. The van der Waals surface area contributed by atoms with Gasteiger partial charge in [0.25, 0.3) is 0 Å². The van der Waals surface area contributed by atoms with E-state index in [1.165, 1.54) is 0 Å². The van der Waals surface area contributed by atoms with Crippen molar-refractivity contribution in [2.24, 2.45) is 0 Å². The number of aldehydes is 1. The van der Waals surface area contributed by atoms with Crippen LogP contribution in [-0.4, -0.2) is 6.29 Å². The van der Waals surface area contributed by atoms with Crippen LogP contribution in [0.4, 0.5) is 0 Å². The Hall–Kier alpha value is -1.51. The van der Waals surface area contributed by atoms with Crippen LogP contribution in [0.25, 0.3) is 0 Å². The summed E-state index contributed by atoms with van der Waals surface area (Å²) < 4.78 is 5.71. The zero-order chi connectivity index (χ0) is 13.8. The molecule has 19 heavy (non-hydrogen) atoms. The summed E-state index contributed by atoms with van der Waals surface area (Å²) >= 11 is 12.0. The van der Waals surface area contributed by atoms with Crippen molar-refractivity contribution in [1.29, 1.82) is 0 Å². The second kappa shape index (κ2) is 6.09. The molecule has 0 unspecified atom stereocenters. The van der Waals surface area contributed by atoms with Gasteiger partial charge in [0.2, 0.25) is 0 Å². The van der Waals surface area contributed by atoms with Crippen LogP contribution in [0.2, 0.25) is 10.0 Å². The van der Waals surface area contributed by atoms with Gasteiger partial charge in [-0.15, -0.1) is 0 Å². The highest BCUT2D eigenvalue weighted by Crippen LogP contribution is 2.28. The Bertz CT molecular complexity index is 609. The van der Waals surface area contributed by atoms with E-state index in [1.807, 2.05) is 31.2 Å². The van der Waals surface area contributed by atoms with Gasteiger partial charge in [0.1, 0.15) is 12.4 Å². The third-order valence-electron chi connectivity index (χ3n) is 2.77. The molecule has 0 fully saturated rings. The lowest BCUT2D eigenvalue weighted by atomic mass is 10.1. The smallest absolute Gasteiger partial charge is 0.153 e. The summed E-state index contributed by atoms with van der Waals surface area (Å²) in [6.07, 6.45) is 0.780. The Morgan fingerprint density at radius 1 is 1.16 bits per heavy atom. The lowest BCUT2D eigenvalue weighted by molar-refractivity contribution is 0.111. The second-order valence-electron chi connectivity index (χ2n) is 4.11. The van der Waals surface area contributed by atoms with Crippen LogP contribution in [0.15, 0.2) is 36.4 Å². The van der Waals surface area contributed by atoms with Gasteiger partial charge >= 0.3 is 0 Å². The van der Waals surface area contributed by atoms with Crippen LogP contribution in [0.1, 0.15) is 21.5 Å². The van der Waals surface area contributed by atoms with Gasteiger partial charge in [0.15, 0.2) is 6.29 Å². The number of carbonyl (C=O) groups is 1. The first kappa shape index (κ1) is 13.9. The molecule has 0 aromatic heterocycles. The molecule has 0 heterocycles. The van der Waals surface area contributed by atoms with Crippen LogP contribution < -0.4 is 4.74 Å². The van der Waals surface area contributed by atoms with Crippen LogP contribution in [0.3, 0.4) is 0 Å². The van der Waals surface area contributed by atoms with E-state index in [2.05, 4.69) is 0 Å². The monoisotopic (exact) mass is 294 g/mol. The molecule has 0 aliphatic carbocycles. The van der Waals surface area contributed by atoms with E-state index in [0.29, 0.717) is 21.4 Å². The molecule has 0 aliphatic rings. The highest BCUT2D eigenvalue weighted by Gasteiger charge is 2.09. The Morgan fingerprint density at radius 2 is 1.89 bits per heavy atom. The molecule has 0 atom stereocenters. The number of rotatable bonds is 4. The average molecular weight is 295 g/mol. The van der Waals surface area contributed by atoms with Crippen molar-refractivity contribution in [3.05, 3.63) is 63.1 Å². The summed E-state index contributed by atoms with van der Waals surface area (Å²) in [5.41, 5.74) is 2.22. The predicted molar refractivity (Wildman–Crippen MR) is 77.4 cm³/mol. The van der Waals surface area contributed by atoms with E-state index in [1.54, 1.807) is 12.1 Å². The maximum absolute atomic E-state index is 11.0. The number of aryl methyl sites for hydroxylation is 1. The quantitative estimate of drug-likeness (QED) is 0.765. The molecule has 0 spiro atoms. The highest BCUT2D eigenvalue weighted by molar-refractivity contribution is 6.42. The van der Waals surface area contributed by atoms with E-state index < -0.39 is 0 Å². The van der Waals surface area contributed by atoms with Crippen molar-refractivity contribution in [3.63, 3.8) is 0 Å². The molecule has 0 saturated heterocycles. The molecule has 0 bridgehead atoms. The van der Waals surface area contributed by atoms with E-state index in [4.69, 9.17) is 27.9 Å². The molecule has 98 valence electrons. The van der Waals surface area contributed by atoms with E-state index in [0.717, 1.165) is 17.4 Å². The lowest BCUT2D eigenvalue weighted by Crippen LogP contribution is -2.01. The fourth-order valence-corrected chi connectivity index (χ4v) is 2.15. The number of benzene rings is 2. The van der Waals surface area contributed by atoms with E-state index >= 15 is 0 Å². The third-order valence-corrected chi connectivity index (χ3v) is 3.63. The molecule has 2 aromatic carbocycles. The minimum atomic E-state index is 0.269. The number of carbonyl (C=O) groups excluding carboxylic acids is 1. The number of halogens is 2. The molecular formula is C15H12Cl2O2. The summed E-state index contributed by atoms with van der Waals surface area (Å²) in [6.45, 7) is 2.16. The molecule has 0 amide bonds. The molecular weight excluding hydrogens is 283 g/mol. The Labute approximate surface area is 121 Å².